The normalized spacial score (nSPS) is 10.9. The molecule has 4 aromatic rings. The van der Waals surface area contributed by atoms with Crippen LogP contribution in [-0.2, 0) is 0 Å². The Balaban J connectivity index is 1.59. The van der Waals surface area contributed by atoms with E-state index in [2.05, 4.69) is 52.0 Å². The van der Waals surface area contributed by atoms with Gasteiger partial charge >= 0.3 is 0 Å². The van der Waals surface area contributed by atoms with Gasteiger partial charge in [0.2, 0.25) is 17.8 Å². The Kier molecular flexibility index (Phi) is 6.80. The fourth-order valence-electron chi connectivity index (χ4n) is 2.86. The molecule has 0 radical (unpaired) electrons. The van der Waals surface area contributed by atoms with Crippen LogP contribution in [0.3, 0.4) is 0 Å². The van der Waals surface area contributed by atoms with Gasteiger partial charge in [-0.05, 0) is 56.3 Å². The fraction of sp³-hybridized carbons (Fsp3) is 0.0833. The number of nitrogens with one attached hydrogen (secondary N) is 3. The first-order chi connectivity index (χ1) is 15.9. The van der Waals surface area contributed by atoms with Crippen molar-refractivity contribution in [2.75, 3.05) is 16.1 Å². The van der Waals surface area contributed by atoms with Gasteiger partial charge in [0.05, 0.1) is 6.21 Å². The lowest BCUT2D eigenvalue weighted by Gasteiger charge is -2.10. The monoisotopic (exact) mass is 503 g/mol. The van der Waals surface area contributed by atoms with Crippen LogP contribution in [0.4, 0.5) is 29.2 Å². The highest BCUT2D eigenvalue weighted by atomic mass is 79.9. The molecule has 0 spiro atoms. The zero-order valence-corrected chi connectivity index (χ0v) is 19.6. The number of hydrazone groups is 1. The zero-order chi connectivity index (χ0) is 23.2. The molecule has 0 aliphatic rings. The van der Waals surface area contributed by atoms with Gasteiger partial charge < -0.3 is 15.7 Å². The van der Waals surface area contributed by atoms with E-state index >= 15 is 0 Å². The van der Waals surface area contributed by atoms with Crippen molar-refractivity contribution in [2.45, 2.75) is 13.8 Å². The van der Waals surface area contributed by atoms with Crippen LogP contribution in [0.1, 0.15) is 16.7 Å². The van der Waals surface area contributed by atoms with Crippen LogP contribution >= 0.6 is 15.9 Å². The van der Waals surface area contributed by atoms with E-state index in [9.17, 15) is 5.11 Å². The quantitative estimate of drug-likeness (QED) is 0.184. The highest BCUT2D eigenvalue weighted by Gasteiger charge is 2.08. The van der Waals surface area contributed by atoms with Crippen molar-refractivity contribution in [3.8, 4) is 5.75 Å². The lowest BCUT2D eigenvalue weighted by Crippen LogP contribution is -2.07. The van der Waals surface area contributed by atoms with Crippen molar-refractivity contribution in [1.29, 1.82) is 0 Å². The molecule has 166 valence electrons. The van der Waals surface area contributed by atoms with Crippen LogP contribution in [-0.4, -0.2) is 26.3 Å². The summed E-state index contributed by atoms with van der Waals surface area (Å²) < 4.78 is 0.830. The molecule has 0 amide bonds. The molecule has 3 aromatic carbocycles. The third-order valence-corrected chi connectivity index (χ3v) is 5.10. The number of hydrogen-bond donors (Lipinski definition) is 4. The van der Waals surface area contributed by atoms with Gasteiger partial charge in [-0.15, -0.1) is 0 Å². The van der Waals surface area contributed by atoms with E-state index in [1.54, 1.807) is 18.2 Å². The van der Waals surface area contributed by atoms with E-state index in [1.807, 2.05) is 62.4 Å². The first kappa shape index (κ1) is 22.2. The predicted octanol–water partition coefficient (Wildman–Crippen LogP) is 5.89. The second-order valence-electron chi connectivity index (χ2n) is 7.36. The fourth-order valence-corrected chi connectivity index (χ4v) is 3.24. The van der Waals surface area contributed by atoms with Crippen molar-refractivity contribution in [2.24, 2.45) is 5.10 Å². The summed E-state index contributed by atoms with van der Waals surface area (Å²) in [7, 11) is 0. The van der Waals surface area contributed by atoms with Gasteiger partial charge in [-0.25, -0.2) is 5.43 Å². The third-order valence-electron chi connectivity index (χ3n) is 4.61. The molecule has 9 heteroatoms. The molecule has 0 bridgehead atoms. The molecule has 4 rings (SSSR count). The van der Waals surface area contributed by atoms with Crippen LogP contribution in [0.2, 0.25) is 0 Å². The number of rotatable bonds is 7. The first-order valence-electron chi connectivity index (χ1n) is 10.2. The molecule has 0 aliphatic heterocycles. The van der Waals surface area contributed by atoms with Crippen LogP contribution in [0.15, 0.2) is 76.3 Å². The van der Waals surface area contributed by atoms with E-state index < -0.39 is 0 Å². The molecule has 0 saturated carbocycles. The van der Waals surface area contributed by atoms with Crippen molar-refractivity contribution in [1.82, 2.24) is 15.0 Å². The molecule has 4 N–H and O–H groups in total. The van der Waals surface area contributed by atoms with Gasteiger partial charge in [-0.2, -0.15) is 20.1 Å². The van der Waals surface area contributed by atoms with E-state index in [4.69, 9.17) is 0 Å². The standard InChI is InChI=1S/C24H22BrN7O/c1-15-3-8-19(9-4-15)27-22-29-23(28-20-10-5-16(2)6-11-20)31-24(30-22)32-26-14-17-13-18(25)7-12-21(17)33/h3-14,33H,1-2H3,(H3,27,28,29,30,31,32)/b26-14-. The van der Waals surface area contributed by atoms with E-state index in [0.29, 0.717) is 17.5 Å². The number of aromatic hydroxyl groups is 1. The minimum absolute atomic E-state index is 0.114. The molecule has 8 nitrogen and oxygen atoms in total. The summed E-state index contributed by atoms with van der Waals surface area (Å²) >= 11 is 3.38. The lowest BCUT2D eigenvalue weighted by atomic mass is 10.2. The summed E-state index contributed by atoms with van der Waals surface area (Å²) in [6, 6.07) is 20.9. The first-order valence-corrected chi connectivity index (χ1v) is 10.9. The molecule has 0 aliphatic carbocycles. The Morgan fingerprint density at radius 3 is 1.82 bits per heavy atom. The number of aryl methyl sites for hydroxylation is 2. The average molecular weight is 504 g/mol. The maximum atomic E-state index is 9.99. The van der Waals surface area contributed by atoms with Gasteiger partial charge in [-0.1, -0.05) is 51.3 Å². The van der Waals surface area contributed by atoms with Crippen molar-refractivity contribution in [3.63, 3.8) is 0 Å². The van der Waals surface area contributed by atoms with Gasteiger partial charge in [0.15, 0.2) is 0 Å². The minimum atomic E-state index is 0.114. The maximum absolute atomic E-state index is 9.99. The molecular weight excluding hydrogens is 482 g/mol. The maximum Gasteiger partial charge on any atom is 0.250 e. The Morgan fingerprint density at radius 2 is 1.27 bits per heavy atom. The summed E-state index contributed by atoms with van der Waals surface area (Å²) in [6.07, 6.45) is 1.49. The van der Waals surface area contributed by atoms with Crippen LogP contribution in [0.5, 0.6) is 5.75 Å². The van der Waals surface area contributed by atoms with Crippen molar-refractivity contribution in [3.05, 3.63) is 87.9 Å². The Labute approximate surface area is 200 Å². The number of phenols is 1. The Bertz CT molecular complexity index is 1210. The number of anilines is 5. The predicted molar refractivity (Wildman–Crippen MR) is 136 cm³/mol. The summed E-state index contributed by atoms with van der Waals surface area (Å²) in [5.41, 5.74) is 7.37. The third kappa shape index (κ3) is 6.27. The number of benzene rings is 3. The van der Waals surface area contributed by atoms with Gasteiger partial charge in [-0.3, -0.25) is 0 Å². The van der Waals surface area contributed by atoms with Crippen molar-refractivity contribution < 1.29 is 5.11 Å². The number of aromatic nitrogens is 3. The Morgan fingerprint density at radius 1 is 0.758 bits per heavy atom. The van der Waals surface area contributed by atoms with Gasteiger partial charge in [0.1, 0.15) is 5.75 Å². The van der Waals surface area contributed by atoms with E-state index in [1.165, 1.54) is 6.21 Å². The molecule has 0 unspecified atom stereocenters. The van der Waals surface area contributed by atoms with Gasteiger partial charge in [0, 0.05) is 21.4 Å². The summed E-state index contributed by atoms with van der Waals surface area (Å²) in [5.74, 6) is 1.06. The lowest BCUT2D eigenvalue weighted by molar-refractivity contribution is 0.474. The SMILES string of the molecule is Cc1ccc(Nc2nc(N/N=C\c3cc(Br)ccc3O)nc(Nc3ccc(C)cc3)n2)cc1. The van der Waals surface area contributed by atoms with Crippen LogP contribution in [0, 0.1) is 13.8 Å². The van der Waals surface area contributed by atoms with E-state index in [-0.39, 0.29) is 11.7 Å². The summed E-state index contributed by atoms with van der Waals surface area (Å²) in [6.45, 7) is 4.05. The minimum Gasteiger partial charge on any atom is -0.507 e. The van der Waals surface area contributed by atoms with Gasteiger partial charge in [0.25, 0.3) is 0 Å². The van der Waals surface area contributed by atoms with Crippen molar-refractivity contribution >= 4 is 51.4 Å². The number of phenolic OH excluding ortho intramolecular Hbond substituents is 1. The molecule has 1 aromatic heterocycles. The Hall–Kier alpha value is -3.98. The van der Waals surface area contributed by atoms with E-state index in [0.717, 1.165) is 27.0 Å². The molecule has 33 heavy (non-hydrogen) atoms. The smallest absolute Gasteiger partial charge is 0.250 e. The molecule has 0 saturated heterocycles. The summed E-state index contributed by atoms with van der Waals surface area (Å²) in [5, 5.41) is 20.5. The highest BCUT2D eigenvalue weighted by Crippen LogP contribution is 2.21. The summed E-state index contributed by atoms with van der Waals surface area (Å²) in [4.78, 5) is 13.3. The molecule has 1 heterocycles. The van der Waals surface area contributed by atoms with Crippen LogP contribution < -0.4 is 16.1 Å². The molecule has 0 fully saturated rings. The largest absolute Gasteiger partial charge is 0.507 e. The highest BCUT2D eigenvalue weighted by molar-refractivity contribution is 9.10. The second kappa shape index (κ2) is 10.1. The van der Waals surface area contributed by atoms with Crippen LogP contribution in [0.25, 0.3) is 0 Å². The molecule has 0 atom stereocenters. The number of nitrogens with zero attached hydrogens (tertiary/aromatic N) is 4. The second-order valence-corrected chi connectivity index (χ2v) is 8.28. The molecular formula is C24H22BrN7O. The number of halogens is 1. The zero-order valence-electron chi connectivity index (χ0n) is 18.0. The average Bonchev–Trinajstić information content (AvgIpc) is 2.79. The number of hydrogen-bond acceptors (Lipinski definition) is 8. The topological polar surface area (TPSA) is 107 Å².